The van der Waals surface area contributed by atoms with Crippen molar-refractivity contribution < 1.29 is 9.84 Å². The molecule has 5 atom stereocenters. The Balaban J connectivity index is 1.35. The van der Waals surface area contributed by atoms with Gasteiger partial charge in [-0.15, -0.1) is 11.3 Å². The fourth-order valence-corrected chi connectivity index (χ4v) is 6.26. The van der Waals surface area contributed by atoms with Crippen LogP contribution >= 0.6 is 11.3 Å². The number of thiophene rings is 1. The Bertz CT molecular complexity index is 1140. The van der Waals surface area contributed by atoms with Crippen LogP contribution in [0.5, 0.6) is 5.75 Å². The maximum Gasteiger partial charge on any atom is 0.275 e. The second-order valence-electron chi connectivity index (χ2n) is 9.37. The van der Waals surface area contributed by atoms with E-state index in [9.17, 15) is 9.90 Å². The molecular weight excluding hydrogens is 422 g/mol. The zero-order valence-corrected chi connectivity index (χ0v) is 19.7. The minimum atomic E-state index is -0.571. The summed E-state index contributed by atoms with van der Waals surface area (Å²) in [7, 11) is 2.23. The highest BCUT2D eigenvalue weighted by atomic mass is 32.1. The SMILES string of the molecule is CCC(C)C(O)c1cc2ncn(-c3ccc(OC4C[C@H]5CC[C@@H](C4)N5C)cc3)c(=O)c2s1. The van der Waals surface area contributed by atoms with Crippen molar-refractivity contribution in [3.05, 3.63) is 51.9 Å². The van der Waals surface area contributed by atoms with Crippen molar-refractivity contribution in [2.75, 3.05) is 7.05 Å². The lowest BCUT2D eigenvalue weighted by Gasteiger charge is -2.36. The fraction of sp³-hybridized carbons (Fsp3) is 0.520. The molecule has 32 heavy (non-hydrogen) atoms. The molecule has 2 fully saturated rings. The molecule has 170 valence electrons. The van der Waals surface area contributed by atoms with Crippen molar-refractivity contribution in [3.63, 3.8) is 0 Å². The lowest BCUT2D eigenvalue weighted by molar-refractivity contribution is 0.0662. The van der Waals surface area contributed by atoms with Gasteiger partial charge in [0.1, 0.15) is 22.9 Å². The van der Waals surface area contributed by atoms with Crippen LogP contribution in [0.1, 0.15) is 56.9 Å². The first kappa shape index (κ1) is 21.6. The van der Waals surface area contributed by atoms with Crippen molar-refractivity contribution in [2.45, 2.75) is 70.2 Å². The Kier molecular flexibility index (Phi) is 5.82. The average Bonchev–Trinajstić information content (AvgIpc) is 3.31. The summed E-state index contributed by atoms with van der Waals surface area (Å²) in [6, 6.07) is 10.8. The predicted octanol–water partition coefficient (Wildman–Crippen LogP) is 4.53. The normalized spacial score (nSPS) is 25.2. The number of aromatic nitrogens is 2. The van der Waals surface area contributed by atoms with Gasteiger partial charge in [-0.25, -0.2) is 4.98 Å². The summed E-state index contributed by atoms with van der Waals surface area (Å²) in [6.45, 7) is 4.07. The first-order valence-electron chi connectivity index (χ1n) is 11.6. The number of hydrogen-bond acceptors (Lipinski definition) is 6. The van der Waals surface area contributed by atoms with Crippen molar-refractivity contribution >= 4 is 21.6 Å². The summed E-state index contributed by atoms with van der Waals surface area (Å²) in [6.07, 6.45) is 6.85. The molecule has 0 amide bonds. The summed E-state index contributed by atoms with van der Waals surface area (Å²) in [4.78, 5) is 20.9. The number of aliphatic hydroxyl groups excluding tert-OH is 1. The van der Waals surface area contributed by atoms with E-state index in [1.807, 2.05) is 37.3 Å². The van der Waals surface area contributed by atoms with Gasteiger partial charge in [0, 0.05) is 17.0 Å². The Hall–Kier alpha value is -2.22. The van der Waals surface area contributed by atoms with Crippen LogP contribution in [0.3, 0.4) is 0 Å². The monoisotopic (exact) mass is 453 g/mol. The van der Waals surface area contributed by atoms with Gasteiger partial charge in [0.25, 0.3) is 5.56 Å². The van der Waals surface area contributed by atoms with Gasteiger partial charge in [0.05, 0.1) is 17.3 Å². The van der Waals surface area contributed by atoms with E-state index in [0.717, 1.165) is 35.6 Å². The number of nitrogens with zero attached hydrogens (tertiary/aromatic N) is 3. The molecule has 1 N–H and O–H groups in total. The summed E-state index contributed by atoms with van der Waals surface area (Å²) in [5, 5.41) is 10.5. The van der Waals surface area contributed by atoms with Gasteiger partial charge in [-0.1, -0.05) is 20.3 Å². The average molecular weight is 454 g/mol. The highest BCUT2D eigenvalue weighted by Gasteiger charge is 2.39. The molecule has 4 heterocycles. The topological polar surface area (TPSA) is 67.6 Å². The van der Waals surface area contributed by atoms with Gasteiger partial charge < -0.3 is 14.7 Å². The highest BCUT2D eigenvalue weighted by molar-refractivity contribution is 7.19. The number of piperidine rings is 1. The Labute approximate surface area is 192 Å². The molecule has 3 unspecified atom stereocenters. The fourth-order valence-electron chi connectivity index (χ4n) is 5.10. The van der Waals surface area contributed by atoms with Gasteiger partial charge in [-0.2, -0.15) is 0 Å². The molecule has 2 aliphatic rings. The van der Waals surface area contributed by atoms with E-state index in [1.165, 1.54) is 24.2 Å². The number of rotatable bonds is 6. The van der Waals surface area contributed by atoms with Crippen LogP contribution in [-0.4, -0.2) is 44.8 Å². The molecule has 7 heteroatoms. The van der Waals surface area contributed by atoms with E-state index in [-0.39, 0.29) is 17.6 Å². The number of fused-ring (bicyclic) bond motifs is 3. The van der Waals surface area contributed by atoms with Gasteiger partial charge in [0.15, 0.2) is 0 Å². The minimum Gasteiger partial charge on any atom is -0.490 e. The number of ether oxygens (including phenoxy) is 1. The molecule has 0 radical (unpaired) electrons. The van der Waals surface area contributed by atoms with E-state index in [1.54, 1.807) is 10.9 Å². The van der Waals surface area contributed by atoms with Crippen molar-refractivity contribution in [3.8, 4) is 11.4 Å². The van der Waals surface area contributed by atoms with Crippen molar-refractivity contribution in [2.24, 2.45) is 5.92 Å². The Morgan fingerprint density at radius 2 is 1.91 bits per heavy atom. The molecule has 0 aliphatic carbocycles. The van der Waals surface area contributed by atoms with E-state index in [4.69, 9.17) is 4.74 Å². The van der Waals surface area contributed by atoms with Crippen LogP contribution in [0.4, 0.5) is 0 Å². The van der Waals surface area contributed by atoms with Gasteiger partial charge in [-0.05, 0) is 69.0 Å². The molecule has 0 spiro atoms. The smallest absolute Gasteiger partial charge is 0.275 e. The maximum atomic E-state index is 13.1. The van der Waals surface area contributed by atoms with E-state index >= 15 is 0 Å². The van der Waals surface area contributed by atoms with Crippen LogP contribution in [0, 0.1) is 5.92 Å². The van der Waals surface area contributed by atoms with Crippen LogP contribution in [0.15, 0.2) is 41.5 Å². The third kappa shape index (κ3) is 3.87. The molecule has 2 bridgehead atoms. The van der Waals surface area contributed by atoms with Crippen LogP contribution < -0.4 is 10.3 Å². The number of hydrogen-bond donors (Lipinski definition) is 1. The van der Waals surface area contributed by atoms with E-state index < -0.39 is 6.10 Å². The molecule has 3 aromatic rings. The van der Waals surface area contributed by atoms with E-state index in [0.29, 0.717) is 22.3 Å². The summed E-state index contributed by atoms with van der Waals surface area (Å²) in [5.41, 5.74) is 1.30. The quantitative estimate of drug-likeness (QED) is 0.594. The summed E-state index contributed by atoms with van der Waals surface area (Å²) < 4.78 is 8.43. The standard InChI is InChI=1S/C25H31N3O3S/c1-4-15(2)23(29)22-13-21-24(32-22)25(30)28(14-26-21)16-7-9-19(10-8-16)31-20-11-17-5-6-18(12-20)27(17)3/h7-10,13-15,17-18,20,23,29H,4-6,11-12H2,1-3H3/t15?,17-,18+,20?,23?. The molecule has 2 saturated heterocycles. The molecule has 6 nitrogen and oxygen atoms in total. The molecule has 5 rings (SSSR count). The second kappa shape index (κ2) is 8.61. The third-order valence-electron chi connectivity index (χ3n) is 7.40. The molecule has 1 aromatic carbocycles. The van der Waals surface area contributed by atoms with E-state index in [2.05, 4.69) is 23.9 Å². The van der Waals surface area contributed by atoms with Gasteiger partial charge >= 0.3 is 0 Å². The first-order chi connectivity index (χ1) is 15.4. The molecule has 2 aliphatic heterocycles. The van der Waals surface area contributed by atoms with Gasteiger partial charge in [0.2, 0.25) is 0 Å². The zero-order chi connectivity index (χ0) is 22.4. The number of benzene rings is 1. The largest absolute Gasteiger partial charge is 0.490 e. The number of aliphatic hydroxyl groups is 1. The first-order valence-corrected chi connectivity index (χ1v) is 12.4. The molecule has 0 saturated carbocycles. The van der Waals surface area contributed by atoms with Gasteiger partial charge in [-0.3, -0.25) is 9.36 Å². The lowest BCUT2D eigenvalue weighted by Crippen LogP contribution is -2.43. The maximum absolute atomic E-state index is 13.1. The molecule has 2 aromatic heterocycles. The Morgan fingerprint density at radius 3 is 2.56 bits per heavy atom. The van der Waals surface area contributed by atoms with Crippen LogP contribution in [-0.2, 0) is 0 Å². The molecular formula is C25H31N3O3S. The van der Waals surface area contributed by atoms with Crippen molar-refractivity contribution in [1.82, 2.24) is 14.5 Å². The van der Waals surface area contributed by atoms with Crippen molar-refractivity contribution in [1.29, 1.82) is 0 Å². The van der Waals surface area contributed by atoms with Crippen LogP contribution in [0.25, 0.3) is 15.9 Å². The predicted molar refractivity (Wildman–Crippen MR) is 128 cm³/mol. The summed E-state index contributed by atoms with van der Waals surface area (Å²) >= 11 is 1.34. The zero-order valence-electron chi connectivity index (χ0n) is 18.9. The van der Waals surface area contributed by atoms with Crippen LogP contribution in [0.2, 0.25) is 0 Å². The third-order valence-corrected chi connectivity index (χ3v) is 8.59. The minimum absolute atomic E-state index is 0.108. The highest BCUT2D eigenvalue weighted by Crippen LogP contribution is 2.36. The second-order valence-corrected chi connectivity index (χ2v) is 10.5. The summed E-state index contributed by atoms with van der Waals surface area (Å²) in [5.74, 6) is 0.984. The lowest BCUT2D eigenvalue weighted by atomic mass is 10.0. The Morgan fingerprint density at radius 1 is 1.22 bits per heavy atom.